The molecule has 4 rings (SSSR count). The summed E-state index contributed by atoms with van der Waals surface area (Å²) in [5.41, 5.74) is 2.01. The molecule has 2 aliphatic rings. The van der Waals surface area contributed by atoms with E-state index in [4.69, 9.17) is 0 Å². The first-order valence-corrected chi connectivity index (χ1v) is 10.7. The zero-order valence-corrected chi connectivity index (χ0v) is 15.6. The fourth-order valence-corrected chi connectivity index (χ4v) is 4.43. The highest BCUT2D eigenvalue weighted by Crippen LogP contribution is 2.38. The van der Waals surface area contributed by atoms with Crippen LogP contribution in [0.2, 0.25) is 0 Å². The van der Waals surface area contributed by atoms with Crippen molar-refractivity contribution in [3.63, 3.8) is 0 Å². The quantitative estimate of drug-likeness (QED) is 0.532. The SMILES string of the molecule is CSc1ccc(C(CC2CCCC2)c2ncc(C(=O)C3CC3)[nH]2)cc1. The lowest BCUT2D eigenvalue weighted by atomic mass is 9.87. The van der Waals surface area contributed by atoms with E-state index in [-0.39, 0.29) is 17.6 Å². The molecule has 25 heavy (non-hydrogen) atoms. The third-order valence-electron chi connectivity index (χ3n) is 5.70. The van der Waals surface area contributed by atoms with E-state index in [1.165, 1.54) is 36.1 Å². The Balaban J connectivity index is 1.60. The third-order valence-corrected chi connectivity index (χ3v) is 6.44. The predicted molar refractivity (Wildman–Crippen MR) is 102 cm³/mol. The van der Waals surface area contributed by atoms with E-state index < -0.39 is 0 Å². The first-order valence-electron chi connectivity index (χ1n) is 9.47. The van der Waals surface area contributed by atoms with Gasteiger partial charge < -0.3 is 4.98 Å². The van der Waals surface area contributed by atoms with Crippen molar-refractivity contribution in [1.82, 2.24) is 9.97 Å². The van der Waals surface area contributed by atoms with Crippen LogP contribution in [0.15, 0.2) is 35.4 Å². The van der Waals surface area contributed by atoms with Crippen LogP contribution in [0.1, 0.15) is 72.7 Å². The summed E-state index contributed by atoms with van der Waals surface area (Å²) >= 11 is 1.77. The molecule has 2 fully saturated rings. The van der Waals surface area contributed by atoms with Gasteiger partial charge in [0.25, 0.3) is 0 Å². The Hall–Kier alpha value is -1.55. The molecule has 0 spiro atoms. The van der Waals surface area contributed by atoms with Gasteiger partial charge in [0.05, 0.1) is 6.20 Å². The number of nitrogens with one attached hydrogen (secondary N) is 1. The number of aromatic amines is 1. The van der Waals surface area contributed by atoms with Gasteiger partial charge >= 0.3 is 0 Å². The number of nitrogens with zero attached hydrogens (tertiary/aromatic N) is 1. The van der Waals surface area contributed by atoms with Crippen LogP contribution >= 0.6 is 11.8 Å². The lowest BCUT2D eigenvalue weighted by Crippen LogP contribution is -2.09. The Morgan fingerprint density at radius 2 is 1.92 bits per heavy atom. The number of hydrogen-bond acceptors (Lipinski definition) is 3. The van der Waals surface area contributed by atoms with E-state index in [0.29, 0.717) is 5.69 Å². The minimum atomic E-state index is 0.238. The number of ketones is 1. The minimum absolute atomic E-state index is 0.238. The number of aromatic nitrogens is 2. The van der Waals surface area contributed by atoms with E-state index in [2.05, 4.69) is 40.5 Å². The molecule has 0 radical (unpaired) electrons. The van der Waals surface area contributed by atoms with Gasteiger partial charge in [-0.2, -0.15) is 0 Å². The highest BCUT2D eigenvalue weighted by atomic mass is 32.2. The zero-order valence-electron chi connectivity index (χ0n) is 14.8. The van der Waals surface area contributed by atoms with Crippen LogP contribution in [0.25, 0.3) is 0 Å². The summed E-state index contributed by atoms with van der Waals surface area (Å²) in [6.45, 7) is 0. The first-order chi connectivity index (χ1) is 12.2. The summed E-state index contributed by atoms with van der Waals surface area (Å²) in [5, 5.41) is 0. The predicted octanol–water partition coefficient (Wildman–Crippen LogP) is 5.44. The molecule has 2 saturated carbocycles. The number of H-pyrrole nitrogens is 1. The second-order valence-corrected chi connectivity index (χ2v) is 8.41. The van der Waals surface area contributed by atoms with E-state index in [0.717, 1.165) is 31.0 Å². The van der Waals surface area contributed by atoms with Crippen molar-refractivity contribution < 1.29 is 4.79 Å². The molecule has 4 heteroatoms. The molecule has 132 valence electrons. The first kappa shape index (κ1) is 16.9. The standard InChI is InChI=1S/C21H26N2OS/c1-25-17-10-8-15(9-11-17)18(12-14-4-2-3-5-14)21-22-13-19(23-21)20(24)16-6-7-16/h8-11,13-14,16,18H,2-7,12H2,1H3,(H,22,23). The number of carbonyl (C=O) groups excluding carboxylic acids is 1. The van der Waals surface area contributed by atoms with E-state index >= 15 is 0 Å². The second-order valence-electron chi connectivity index (χ2n) is 7.53. The Bertz CT molecular complexity index is 727. The minimum Gasteiger partial charge on any atom is -0.339 e. The number of carbonyl (C=O) groups is 1. The number of hydrogen-bond donors (Lipinski definition) is 1. The maximum Gasteiger partial charge on any atom is 0.183 e. The molecule has 3 nitrogen and oxygen atoms in total. The summed E-state index contributed by atoms with van der Waals surface area (Å²) in [7, 11) is 0. The van der Waals surface area contributed by atoms with Crippen LogP contribution in [0.5, 0.6) is 0 Å². The molecule has 1 unspecified atom stereocenters. The van der Waals surface area contributed by atoms with Crippen molar-refractivity contribution in [2.45, 2.75) is 55.8 Å². The molecule has 0 saturated heterocycles. The van der Waals surface area contributed by atoms with Crippen molar-refractivity contribution in [1.29, 1.82) is 0 Å². The highest BCUT2D eigenvalue weighted by Gasteiger charge is 2.32. The average molecular weight is 355 g/mol. The maximum atomic E-state index is 12.3. The number of thioether (sulfide) groups is 1. The lowest BCUT2D eigenvalue weighted by molar-refractivity contribution is 0.0963. The van der Waals surface area contributed by atoms with Crippen LogP contribution in [0.4, 0.5) is 0 Å². The van der Waals surface area contributed by atoms with Gasteiger partial charge in [0.15, 0.2) is 5.78 Å². The van der Waals surface area contributed by atoms with Crippen molar-refractivity contribution in [2.24, 2.45) is 11.8 Å². The summed E-state index contributed by atoms with van der Waals surface area (Å²) in [5.74, 6) is 2.49. The van der Waals surface area contributed by atoms with Crippen LogP contribution in [-0.4, -0.2) is 22.0 Å². The van der Waals surface area contributed by atoms with Crippen LogP contribution in [0.3, 0.4) is 0 Å². The van der Waals surface area contributed by atoms with Crippen molar-refractivity contribution in [2.75, 3.05) is 6.26 Å². The molecule has 1 aromatic carbocycles. The number of rotatable bonds is 7. The molecule has 1 atom stereocenters. The van der Waals surface area contributed by atoms with Gasteiger partial charge in [0.2, 0.25) is 0 Å². The van der Waals surface area contributed by atoms with E-state index in [9.17, 15) is 4.79 Å². The molecule has 2 aliphatic carbocycles. The van der Waals surface area contributed by atoms with Gasteiger partial charge in [0.1, 0.15) is 11.5 Å². The van der Waals surface area contributed by atoms with Gasteiger partial charge in [-0.3, -0.25) is 4.79 Å². The Morgan fingerprint density at radius 1 is 1.20 bits per heavy atom. The van der Waals surface area contributed by atoms with E-state index in [1.807, 2.05) is 0 Å². The van der Waals surface area contributed by atoms with Crippen LogP contribution in [0, 0.1) is 11.8 Å². The zero-order chi connectivity index (χ0) is 17.2. The molecular weight excluding hydrogens is 328 g/mol. The van der Waals surface area contributed by atoms with Gasteiger partial charge in [-0.05, 0) is 49.1 Å². The largest absolute Gasteiger partial charge is 0.339 e. The number of imidazole rings is 1. The molecule has 1 aromatic heterocycles. The molecule has 2 aromatic rings. The normalized spacial score (nSPS) is 19.2. The Labute approximate surface area is 154 Å². The summed E-state index contributed by atoms with van der Waals surface area (Å²) < 4.78 is 0. The lowest BCUT2D eigenvalue weighted by Gasteiger charge is -2.19. The molecule has 1 heterocycles. The Kier molecular flexibility index (Phi) is 4.98. The third kappa shape index (κ3) is 3.84. The molecule has 1 N–H and O–H groups in total. The topological polar surface area (TPSA) is 45.8 Å². The van der Waals surface area contributed by atoms with E-state index in [1.54, 1.807) is 18.0 Å². The molecule has 0 aliphatic heterocycles. The summed E-state index contributed by atoms with van der Waals surface area (Å²) in [6.07, 6.45) is 12.4. The van der Waals surface area contributed by atoms with Crippen molar-refractivity contribution in [3.8, 4) is 0 Å². The fraction of sp³-hybridized carbons (Fsp3) is 0.524. The molecular formula is C21H26N2OS. The van der Waals surface area contributed by atoms with Crippen molar-refractivity contribution >= 4 is 17.5 Å². The summed E-state index contributed by atoms with van der Waals surface area (Å²) in [4.78, 5) is 21.6. The Morgan fingerprint density at radius 3 is 2.56 bits per heavy atom. The van der Waals surface area contributed by atoms with Gasteiger partial charge in [-0.25, -0.2) is 4.98 Å². The molecule has 0 bridgehead atoms. The van der Waals surface area contributed by atoms with Crippen LogP contribution < -0.4 is 0 Å². The second kappa shape index (κ2) is 7.36. The summed E-state index contributed by atoms with van der Waals surface area (Å²) in [6, 6.07) is 8.86. The van der Waals surface area contributed by atoms with Crippen molar-refractivity contribution in [3.05, 3.63) is 47.5 Å². The smallest absolute Gasteiger partial charge is 0.183 e. The van der Waals surface area contributed by atoms with Gasteiger partial charge in [-0.1, -0.05) is 37.8 Å². The van der Waals surface area contributed by atoms with Gasteiger partial charge in [0, 0.05) is 16.7 Å². The average Bonchev–Trinajstić information content (AvgIpc) is 3.16. The van der Waals surface area contributed by atoms with Crippen LogP contribution in [-0.2, 0) is 0 Å². The van der Waals surface area contributed by atoms with Gasteiger partial charge in [-0.15, -0.1) is 11.8 Å². The molecule has 0 amide bonds. The highest BCUT2D eigenvalue weighted by molar-refractivity contribution is 7.98. The number of benzene rings is 1. The fourth-order valence-electron chi connectivity index (χ4n) is 4.03. The maximum absolute atomic E-state index is 12.3. The monoisotopic (exact) mass is 354 g/mol. The number of Topliss-reactive ketones (excluding diaryl/α,β-unsaturated/α-hetero) is 1.